The van der Waals surface area contributed by atoms with E-state index in [0.717, 1.165) is 134 Å². The Morgan fingerprint density at radius 1 is 0.136 bits per heavy atom. The van der Waals surface area contributed by atoms with Crippen LogP contribution in [0.25, 0.3) is 0 Å². The lowest BCUT2D eigenvalue weighted by Crippen LogP contribution is -2.20. The first-order valence-corrected chi connectivity index (χ1v) is 46.9. The van der Waals surface area contributed by atoms with Gasteiger partial charge in [-0.05, 0) is 312 Å². The lowest BCUT2D eigenvalue weighted by Gasteiger charge is -2.29. The molecule has 12 aromatic rings. The van der Waals surface area contributed by atoms with Crippen LogP contribution in [-0.2, 0) is 89.9 Å². The molecule has 0 aromatic heterocycles. The molecule has 0 aliphatic carbocycles. The molecule has 0 aliphatic heterocycles. The van der Waals surface area contributed by atoms with Gasteiger partial charge in [-0.2, -0.15) is 0 Å². The Hall–Kier alpha value is -14.2. The van der Waals surface area contributed by atoms with Gasteiger partial charge in [-0.25, -0.2) is 0 Å². The summed E-state index contributed by atoms with van der Waals surface area (Å²) >= 11 is 0. The van der Waals surface area contributed by atoms with Gasteiger partial charge in [0.2, 0.25) is 46.0 Å². The molecule has 24 heteroatoms. The first-order valence-electron chi connectivity index (χ1n) is 46.9. The fourth-order valence-electron chi connectivity index (χ4n) is 18.7. The van der Waals surface area contributed by atoms with Crippen LogP contribution in [0.2, 0.25) is 0 Å². The van der Waals surface area contributed by atoms with Gasteiger partial charge in [-0.15, -0.1) is 0 Å². The van der Waals surface area contributed by atoms with Crippen LogP contribution in [-0.4, -0.2) is 171 Å². The molecule has 0 saturated carbocycles. The van der Waals surface area contributed by atoms with E-state index >= 15 is 0 Å². The molecule has 0 fully saturated rings. The van der Waals surface area contributed by atoms with Gasteiger partial charge in [-0.3, -0.25) is 0 Å². The summed E-state index contributed by atoms with van der Waals surface area (Å²) in [5.74, 6) is 15.1. The number of methoxy groups -OCH3 is 24. The van der Waals surface area contributed by atoms with Gasteiger partial charge < -0.3 is 114 Å². The van der Waals surface area contributed by atoms with E-state index in [0.29, 0.717) is 151 Å². The standard InChI is InChI=1S/2C58H70O12/c2*1-59-47-29-40(30-48(60-2)55(47)67-9)19-17-37-13-15-38(16-14-37)23-26-45(27-42-33-51(63-5)57(69-11)52(34-42)64-6)46(28-43-35-53(65-7)58(70-12)54(36-43)66-8)44-24-21-39(22-25-44)18-20-41-31-49(61-3)56(68-10)50(32-41)62-4/h2*13-16,21-22,24-25,29-36,45-46H,17-20,23,26-28H2,1-12H3/t2*45-,46+/m10/s1. The van der Waals surface area contributed by atoms with Gasteiger partial charge in [-0.1, -0.05) is 97.1 Å². The molecule has 24 nitrogen and oxygen atoms in total. The summed E-state index contributed by atoms with van der Waals surface area (Å²) in [5.41, 5.74) is 18.6. The second kappa shape index (κ2) is 53.1. The molecule has 748 valence electrons. The molecule has 0 N–H and O–H groups in total. The SMILES string of the molecule is COc1cc(CCc2ccc(CC[C@@H](Cc3cc(OC)c(OC)c(OC)c3)[C@H](Cc3cc(OC)c(OC)c(OC)c3)c3ccc(CCc4cc(OC)c(OC)c(OC)c4)cc3)cc2)cc(OC)c1OC.COc1cc(CCc2ccc(CC[C@H](Cc3cc(OC)c(OC)c(OC)c3)[C@@H](Cc3cc(OC)c(OC)c(OC)c3)c3ccc(CCc4cc(OC)c(OC)c(OC)c4)cc3)cc2)cc(OC)c1OC. The Labute approximate surface area is 827 Å². The normalized spacial score (nSPS) is 11.8. The Balaban J connectivity index is 0.000000268. The van der Waals surface area contributed by atoms with Crippen molar-refractivity contribution in [2.75, 3.05) is 171 Å². The molecule has 0 radical (unpaired) electrons. The Kier molecular flexibility index (Phi) is 40.3. The number of ether oxygens (including phenoxy) is 24. The Morgan fingerprint density at radius 2 is 0.264 bits per heavy atom. The van der Waals surface area contributed by atoms with E-state index in [9.17, 15) is 0 Å². The van der Waals surface area contributed by atoms with Crippen LogP contribution >= 0.6 is 0 Å². The number of hydrogen-bond donors (Lipinski definition) is 0. The molecule has 12 aromatic carbocycles. The zero-order valence-corrected chi connectivity index (χ0v) is 85.9. The predicted molar refractivity (Wildman–Crippen MR) is 548 cm³/mol. The molecular weight excluding hydrogens is 1780 g/mol. The lowest BCUT2D eigenvalue weighted by atomic mass is 9.75. The highest BCUT2D eigenvalue weighted by Gasteiger charge is 2.32. The zero-order valence-electron chi connectivity index (χ0n) is 85.9. The van der Waals surface area contributed by atoms with Crippen molar-refractivity contribution in [1.82, 2.24) is 0 Å². The maximum absolute atomic E-state index is 5.86. The molecule has 4 atom stereocenters. The zero-order chi connectivity index (χ0) is 100. The molecule has 0 saturated heterocycles. The van der Waals surface area contributed by atoms with Crippen LogP contribution in [0, 0.1) is 11.8 Å². The van der Waals surface area contributed by atoms with Crippen molar-refractivity contribution in [3.63, 3.8) is 0 Å². The summed E-state index contributed by atoms with van der Waals surface area (Å²) < 4.78 is 137. The van der Waals surface area contributed by atoms with E-state index in [1.165, 1.54) is 44.5 Å². The van der Waals surface area contributed by atoms with Gasteiger partial charge >= 0.3 is 0 Å². The molecular formula is C116H140O24. The van der Waals surface area contributed by atoms with Gasteiger partial charge in [0.15, 0.2) is 92.0 Å². The monoisotopic (exact) mass is 1920 g/mol. The van der Waals surface area contributed by atoms with Crippen molar-refractivity contribution in [3.05, 3.63) is 283 Å². The summed E-state index contributed by atoms with van der Waals surface area (Å²) in [4.78, 5) is 0. The molecule has 0 heterocycles. The van der Waals surface area contributed by atoms with E-state index in [1.807, 2.05) is 48.5 Å². The number of benzene rings is 12. The lowest BCUT2D eigenvalue weighted by molar-refractivity contribution is 0.321. The Bertz CT molecular complexity index is 5370. The minimum Gasteiger partial charge on any atom is -0.493 e. The average Bonchev–Trinajstić information content (AvgIpc) is 0.798. The molecule has 12 rings (SSSR count). The maximum atomic E-state index is 5.86. The summed E-state index contributed by atoms with van der Waals surface area (Å²) in [6.07, 6.45) is 13.0. The molecule has 0 bridgehead atoms. The summed E-state index contributed by atoms with van der Waals surface area (Å²) in [7, 11) is 39.4. The van der Waals surface area contributed by atoms with Crippen molar-refractivity contribution in [1.29, 1.82) is 0 Å². The molecule has 0 spiro atoms. The van der Waals surface area contributed by atoms with Crippen molar-refractivity contribution in [3.8, 4) is 138 Å². The minimum atomic E-state index is 0.0591. The number of rotatable bonds is 54. The first-order chi connectivity index (χ1) is 68.2. The van der Waals surface area contributed by atoms with Gasteiger partial charge in [0.05, 0.1) is 171 Å². The van der Waals surface area contributed by atoms with E-state index in [4.69, 9.17) is 114 Å². The summed E-state index contributed by atoms with van der Waals surface area (Å²) in [5, 5.41) is 0. The van der Waals surface area contributed by atoms with Crippen LogP contribution in [0.1, 0.15) is 114 Å². The highest BCUT2D eigenvalue weighted by atomic mass is 16.6. The number of hydrogen-bond acceptors (Lipinski definition) is 24. The Morgan fingerprint density at radius 3 is 0.414 bits per heavy atom. The van der Waals surface area contributed by atoms with E-state index in [2.05, 4.69) is 146 Å². The van der Waals surface area contributed by atoms with Crippen molar-refractivity contribution >= 4 is 0 Å². The largest absolute Gasteiger partial charge is 0.493 e. The second-order valence-electron chi connectivity index (χ2n) is 34.0. The molecule has 0 aliphatic rings. The predicted octanol–water partition coefficient (Wildman–Crippen LogP) is 22.4. The summed E-state index contributed by atoms with van der Waals surface area (Å²) in [6, 6.07) is 68.8. The highest BCUT2D eigenvalue weighted by molar-refractivity contribution is 5.61. The molecule has 0 unspecified atom stereocenters. The quantitative estimate of drug-likeness (QED) is 0.0346. The van der Waals surface area contributed by atoms with Crippen LogP contribution in [0.5, 0.6) is 138 Å². The van der Waals surface area contributed by atoms with Crippen molar-refractivity contribution in [2.45, 2.75) is 115 Å². The number of aryl methyl sites for hydroxylation is 10. The van der Waals surface area contributed by atoms with Gasteiger partial charge in [0.25, 0.3) is 0 Å². The fraction of sp³-hybridized carbons (Fsp3) is 0.379. The average molecular weight is 1920 g/mol. The highest BCUT2D eigenvalue weighted by Crippen LogP contribution is 2.50. The van der Waals surface area contributed by atoms with E-state index in [1.54, 1.807) is 171 Å². The second-order valence-corrected chi connectivity index (χ2v) is 34.0. The van der Waals surface area contributed by atoms with Gasteiger partial charge in [0, 0.05) is 0 Å². The minimum absolute atomic E-state index is 0.0591. The third-order valence-corrected chi connectivity index (χ3v) is 26.1. The molecule has 140 heavy (non-hydrogen) atoms. The van der Waals surface area contributed by atoms with E-state index in [-0.39, 0.29) is 23.7 Å². The van der Waals surface area contributed by atoms with Crippen LogP contribution < -0.4 is 114 Å². The van der Waals surface area contributed by atoms with Crippen LogP contribution in [0.4, 0.5) is 0 Å². The smallest absolute Gasteiger partial charge is 0.203 e. The molecule has 0 amide bonds. The summed E-state index contributed by atoms with van der Waals surface area (Å²) in [6.45, 7) is 0. The fourth-order valence-corrected chi connectivity index (χ4v) is 18.7. The van der Waals surface area contributed by atoms with Crippen LogP contribution in [0.15, 0.2) is 194 Å². The van der Waals surface area contributed by atoms with Crippen molar-refractivity contribution < 1.29 is 114 Å². The maximum Gasteiger partial charge on any atom is 0.203 e. The topological polar surface area (TPSA) is 222 Å². The first kappa shape index (κ1) is 106. The van der Waals surface area contributed by atoms with Gasteiger partial charge in [0.1, 0.15) is 0 Å². The van der Waals surface area contributed by atoms with Crippen molar-refractivity contribution in [2.24, 2.45) is 11.8 Å². The third kappa shape index (κ3) is 26.8. The third-order valence-electron chi connectivity index (χ3n) is 26.1. The van der Waals surface area contributed by atoms with E-state index < -0.39 is 0 Å². The van der Waals surface area contributed by atoms with Crippen LogP contribution in [0.3, 0.4) is 0 Å².